The molecule has 3 heteroatoms. The molecule has 1 heterocycles. The van der Waals surface area contributed by atoms with Gasteiger partial charge in [0, 0.05) is 6.54 Å². The Kier molecular flexibility index (Phi) is 2.73. The van der Waals surface area contributed by atoms with Gasteiger partial charge in [0.1, 0.15) is 0 Å². The number of nitrogens with zero attached hydrogens (tertiary/aromatic N) is 1. The Labute approximate surface area is 89.9 Å². The normalized spacial score (nSPS) is 21.8. The SMILES string of the molecule is CN1CCc2ccccc2CC1C(N)=O. The van der Waals surface area contributed by atoms with Gasteiger partial charge in [-0.2, -0.15) is 0 Å². The van der Waals surface area contributed by atoms with Gasteiger partial charge in [-0.15, -0.1) is 0 Å². The first-order valence-electron chi connectivity index (χ1n) is 5.25. The summed E-state index contributed by atoms with van der Waals surface area (Å²) in [6, 6.07) is 8.12. The molecule has 0 fully saturated rings. The fraction of sp³-hybridized carbons (Fsp3) is 0.417. The van der Waals surface area contributed by atoms with Gasteiger partial charge < -0.3 is 5.73 Å². The van der Waals surface area contributed by atoms with Gasteiger partial charge in [-0.1, -0.05) is 24.3 Å². The minimum absolute atomic E-state index is 0.159. The first-order chi connectivity index (χ1) is 7.18. The highest BCUT2D eigenvalue weighted by Gasteiger charge is 2.24. The van der Waals surface area contributed by atoms with Gasteiger partial charge in [0.25, 0.3) is 0 Å². The second-order valence-corrected chi connectivity index (χ2v) is 4.12. The molecule has 1 aromatic carbocycles. The highest BCUT2D eigenvalue weighted by atomic mass is 16.1. The van der Waals surface area contributed by atoms with Crippen LogP contribution in [0.1, 0.15) is 11.1 Å². The average Bonchev–Trinajstić information content (AvgIpc) is 2.39. The lowest BCUT2D eigenvalue weighted by Crippen LogP contribution is -2.43. The van der Waals surface area contributed by atoms with Crippen molar-refractivity contribution in [1.29, 1.82) is 0 Å². The minimum atomic E-state index is -0.228. The van der Waals surface area contributed by atoms with Gasteiger partial charge >= 0.3 is 0 Å². The second-order valence-electron chi connectivity index (χ2n) is 4.12. The third-order valence-electron chi connectivity index (χ3n) is 3.13. The average molecular weight is 204 g/mol. The summed E-state index contributed by atoms with van der Waals surface area (Å²) < 4.78 is 0. The van der Waals surface area contributed by atoms with Crippen molar-refractivity contribution in [2.45, 2.75) is 18.9 Å². The Morgan fingerprint density at radius 2 is 2.07 bits per heavy atom. The number of hydrogen-bond acceptors (Lipinski definition) is 2. The summed E-state index contributed by atoms with van der Waals surface area (Å²) in [5.41, 5.74) is 8.00. The maximum absolute atomic E-state index is 11.3. The number of amides is 1. The second kappa shape index (κ2) is 4.03. The van der Waals surface area contributed by atoms with E-state index in [2.05, 4.69) is 12.1 Å². The van der Waals surface area contributed by atoms with Crippen LogP contribution < -0.4 is 5.73 Å². The third kappa shape index (κ3) is 2.02. The fourth-order valence-corrected chi connectivity index (χ4v) is 2.14. The van der Waals surface area contributed by atoms with E-state index >= 15 is 0 Å². The fourth-order valence-electron chi connectivity index (χ4n) is 2.14. The van der Waals surface area contributed by atoms with Crippen LogP contribution >= 0.6 is 0 Å². The largest absolute Gasteiger partial charge is 0.368 e. The molecule has 0 aliphatic carbocycles. The summed E-state index contributed by atoms with van der Waals surface area (Å²) in [6.07, 6.45) is 1.73. The number of benzene rings is 1. The maximum atomic E-state index is 11.3. The van der Waals surface area contributed by atoms with Crippen LogP contribution in [0.4, 0.5) is 0 Å². The number of carbonyl (C=O) groups excluding carboxylic acids is 1. The molecular formula is C12H16N2O. The Hall–Kier alpha value is -1.35. The van der Waals surface area contributed by atoms with Crippen LogP contribution in [-0.4, -0.2) is 30.4 Å². The Balaban J connectivity index is 2.31. The van der Waals surface area contributed by atoms with E-state index in [-0.39, 0.29) is 11.9 Å². The molecule has 1 amide bonds. The number of carbonyl (C=O) groups is 1. The molecule has 0 saturated carbocycles. The van der Waals surface area contributed by atoms with Crippen LogP contribution in [0.2, 0.25) is 0 Å². The van der Waals surface area contributed by atoms with E-state index in [4.69, 9.17) is 5.73 Å². The number of nitrogens with two attached hydrogens (primary N) is 1. The Morgan fingerprint density at radius 3 is 2.73 bits per heavy atom. The summed E-state index contributed by atoms with van der Waals surface area (Å²) in [6.45, 7) is 0.893. The van der Waals surface area contributed by atoms with Gasteiger partial charge in [0.05, 0.1) is 6.04 Å². The van der Waals surface area contributed by atoms with Crippen LogP contribution in [0.15, 0.2) is 24.3 Å². The van der Waals surface area contributed by atoms with E-state index in [0.29, 0.717) is 0 Å². The zero-order valence-electron chi connectivity index (χ0n) is 8.94. The molecule has 1 atom stereocenters. The molecule has 80 valence electrons. The molecule has 1 unspecified atom stereocenters. The molecule has 3 nitrogen and oxygen atoms in total. The van der Waals surface area contributed by atoms with Crippen molar-refractivity contribution in [3.63, 3.8) is 0 Å². The summed E-state index contributed by atoms with van der Waals surface area (Å²) in [4.78, 5) is 13.4. The lowest BCUT2D eigenvalue weighted by molar-refractivity contribution is -0.122. The predicted molar refractivity (Wildman–Crippen MR) is 59.5 cm³/mol. The summed E-state index contributed by atoms with van der Waals surface area (Å²) in [5.74, 6) is -0.228. The zero-order valence-corrected chi connectivity index (χ0v) is 8.94. The maximum Gasteiger partial charge on any atom is 0.235 e. The molecule has 0 aromatic heterocycles. The standard InChI is InChI=1S/C12H16N2O/c1-14-7-6-9-4-2-3-5-10(9)8-11(14)12(13)15/h2-5,11H,6-8H2,1H3,(H2,13,15). The molecule has 2 N–H and O–H groups in total. The molecule has 0 bridgehead atoms. The number of primary amides is 1. The highest BCUT2D eigenvalue weighted by molar-refractivity contribution is 5.80. The topological polar surface area (TPSA) is 46.3 Å². The van der Waals surface area contributed by atoms with Gasteiger partial charge in [-0.05, 0) is 31.0 Å². The first-order valence-corrected chi connectivity index (χ1v) is 5.25. The van der Waals surface area contributed by atoms with E-state index in [1.807, 2.05) is 24.1 Å². The van der Waals surface area contributed by atoms with E-state index in [9.17, 15) is 4.79 Å². The van der Waals surface area contributed by atoms with Crippen molar-refractivity contribution in [2.75, 3.05) is 13.6 Å². The first kappa shape index (κ1) is 10.2. The van der Waals surface area contributed by atoms with Crippen molar-refractivity contribution in [1.82, 2.24) is 4.90 Å². The van der Waals surface area contributed by atoms with Crippen molar-refractivity contribution < 1.29 is 4.79 Å². The number of likely N-dealkylation sites (N-methyl/N-ethyl adjacent to an activating group) is 1. The molecule has 0 spiro atoms. The molecular weight excluding hydrogens is 188 g/mol. The molecule has 1 aliphatic heterocycles. The number of fused-ring (bicyclic) bond motifs is 1. The summed E-state index contributed by atoms with van der Waals surface area (Å²) in [5, 5.41) is 0. The van der Waals surface area contributed by atoms with Gasteiger partial charge in [0.15, 0.2) is 0 Å². The van der Waals surface area contributed by atoms with E-state index < -0.39 is 0 Å². The highest BCUT2D eigenvalue weighted by Crippen LogP contribution is 2.18. The monoisotopic (exact) mass is 204 g/mol. The summed E-state index contributed by atoms with van der Waals surface area (Å²) in [7, 11) is 1.96. The third-order valence-corrected chi connectivity index (χ3v) is 3.13. The smallest absolute Gasteiger partial charge is 0.235 e. The van der Waals surface area contributed by atoms with Crippen LogP contribution in [0.3, 0.4) is 0 Å². The Morgan fingerprint density at radius 1 is 1.40 bits per heavy atom. The number of rotatable bonds is 1. The minimum Gasteiger partial charge on any atom is -0.368 e. The molecule has 1 aromatic rings. The molecule has 1 aliphatic rings. The van der Waals surface area contributed by atoms with Crippen molar-refractivity contribution in [3.05, 3.63) is 35.4 Å². The lowest BCUT2D eigenvalue weighted by atomic mass is 10.0. The lowest BCUT2D eigenvalue weighted by Gasteiger charge is -2.22. The molecule has 15 heavy (non-hydrogen) atoms. The van der Waals surface area contributed by atoms with Crippen molar-refractivity contribution in [3.8, 4) is 0 Å². The molecule has 0 saturated heterocycles. The summed E-state index contributed by atoms with van der Waals surface area (Å²) >= 11 is 0. The predicted octanol–water partition coefficient (Wildman–Crippen LogP) is 0.571. The number of hydrogen-bond donors (Lipinski definition) is 1. The van der Waals surface area contributed by atoms with E-state index in [0.717, 1.165) is 19.4 Å². The van der Waals surface area contributed by atoms with Crippen molar-refractivity contribution in [2.24, 2.45) is 5.73 Å². The van der Waals surface area contributed by atoms with Gasteiger partial charge in [-0.3, -0.25) is 9.69 Å². The quantitative estimate of drug-likeness (QED) is 0.727. The molecule has 2 rings (SSSR count). The zero-order chi connectivity index (χ0) is 10.8. The van der Waals surface area contributed by atoms with Crippen LogP contribution in [0.25, 0.3) is 0 Å². The van der Waals surface area contributed by atoms with Gasteiger partial charge in [-0.25, -0.2) is 0 Å². The van der Waals surface area contributed by atoms with E-state index in [1.165, 1.54) is 11.1 Å². The van der Waals surface area contributed by atoms with Gasteiger partial charge in [0.2, 0.25) is 5.91 Å². The Bertz CT molecular complexity index is 376. The van der Waals surface area contributed by atoms with Crippen LogP contribution in [0, 0.1) is 0 Å². The van der Waals surface area contributed by atoms with E-state index in [1.54, 1.807) is 0 Å². The molecule has 0 radical (unpaired) electrons. The van der Waals surface area contributed by atoms with Crippen molar-refractivity contribution >= 4 is 5.91 Å². The van der Waals surface area contributed by atoms with Crippen LogP contribution in [-0.2, 0) is 17.6 Å². The van der Waals surface area contributed by atoms with Crippen LogP contribution in [0.5, 0.6) is 0 Å².